The van der Waals surface area contributed by atoms with Gasteiger partial charge in [-0.2, -0.15) is 0 Å². The molecule has 0 aliphatic rings. The van der Waals surface area contributed by atoms with Crippen LogP contribution in [0.4, 0.5) is 0 Å². The van der Waals surface area contributed by atoms with Gasteiger partial charge < -0.3 is 15.2 Å². The molecule has 2 heterocycles. The minimum Gasteiger partial charge on any atom is -0.496 e. The number of hydrogen-bond donors (Lipinski definition) is 1. The van der Waals surface area contributed by atoms with Crippen molar-refractivity contribution in [2.75, 3.05) is 14.2 Å². The monoisotopic (exact) mass is 250 g/mol. The molecule has 2 aromatic rings. The summed E-state index contributed by atoms with van der Waals surface area (Å²) in [6.07, 6.45) is 1.71. The van der Waals surface area contributed by atoms with Crippen LogP contribution >= 0.6 is 11.3 Å². The molecule has 0 amide bonds. The van der Waals surface area contributed by atoms with Gasteiger partial charge in [0, 0.05) is 6.20 Å². The Morgan fingerprint density at radius 3 is 2.71 bits per heavy atom. The molecule has 0 saturated heterocycles. The predicted octanol–water partition coefficient (Wildman–Crippen LogP) is 2.21. The van der Waals surface area contributed by atoms with Gasteiger partial charge in [0.05, 0.1) is 25.1 Å². The van der Waals surface area contributed by atoms with E-state index in [9.17, 15) is 0 Å². The minimum absolute atomic E-state index is 0.332. The van der Waals surface area contributed by atoms with Crippen LogP contribution in [0.25, 0.3) is 0 Å². The molecule has 1 unspecified atom stereocenters. The van der Waals surface area contributed by atoms with Gasteiger partial charge in [0.25, 0.3) is 0 Å². The zero-order chi connectivity index (χ0) is 12.3. The largest absolute Gasteiger partial charge is 0.496 e. The molecule has 0 radical (unpaired) electrons. The molecule has 0 aliphatic heterocycles. The predicted molar refractivity (Wildman–Crippen MR) is 67.7 cm³/mol. The minimum atomic E-state index is -0.332. The van der Waals surface area contributed by atoms with Crippen molar-refractivity contribution in [2.45, 2.75) is 6.04 Å². The van der Waals surface area contributed by atoms with Crippen molar-refractivity contribution in [1.29, 1.82) is 0 Å². The molecular weight excluding hydrogens is 236 g/mol. The number of aromatic nitrogens is 1. The number of thiophene rings is 1. The highest BCUT2D eigenvalue weighted by Crippen LogP contribution is 2.35. The normalized spacial score (nSPS) is 12.2. The summed E-state index contributed by atoms with van der Waals surface area (Å²) in [6, 6.07) is 5.24. The number of nitrogens with two attached hydrogens (primary N) is 1. The van der Waals surface area contributed by atoms with Crippen LogP contribution < -0.4 is 15.2 Å². The molecule has 90 valence electrons. The second-order valence-corrected chi connectivity index (χ2v) is 4.37. The zero-order valence-corrected chi connectivity index (χ0v) is 10.5. The molecule has 0 spiro atoms. The van der Waals surface area contributed by atoms with Gasteiger partial charge in [-0.05, 0) is 23.6 Å². The van der Waals surface area contributed by atoms with Crippen LogP contribution in [0.2, 0.25) is 0 Å². The van der Waals surface area contributed by atoms with Crippen LogP contribution in [0.3, 0.4) is 0 Å². The van der Waals surface area contributed by atoms with E-state index in [2.05, 4.69) is 4.98 Å². The van der Waals surface area contributed by atoms with Crippen LogP contribution in [-0.4, -0.2) is 19.2 Å². The number of hydrogen-bond acceptors (Lipinski definition) is 5. The molecule has 0 aromatic carbocycles. The maximum absolute atomic E-state index is 6.20. The SMILES string of the molecule is COc1cccnc1C(N)c1sccc1OC. The highest BCUT2D eigenvalue weighted by atomic mass is 32.1. The van der Waals surface area contributed by atoms with Crippen LogP contribution in [0, 0.1) is 0 Å². The Hall–Kier alpha value is -1.59. The summed E-state index contributed by atoms with van der Waals surface area (Å²) in [5.41, 5.74) is 6.92. The Morgan fingerprint density at radius 2 is 2.00 bits per heavy atom. The summed E-state index contributed by atoms with van der Waals surface area (Å²) >= 11 is 1.55. The number of methoxy groups -OCH3 is 2. The van der Waals surface area contributed by atoms with E-state index in [0.29, 0.717) is 5.75 Å². The van der Waals surface area contributed by atoms with E-state index in [1.165, 1.54) is 0 Å². The van der Waals surface area contributed by atoms with Crippen molar-refractivity contribution < 1.29 is 9.47 Å². The Bertz CT molecular complexity index is 499. The van der Waals surface area contributed by atoms with Crippen LogP contribution in [0.1, 0.15) is 16.6 Å². The third-order valence-electron chi connectivity index (χ3n) is 2.47. The van der Waals surface area contributed by atoms with Crippen LogP contribution in [0.15, 0.2) is 29.8 Å². The molecule has 2 N–H and O–H groups in total. The smallest absolute Gasteiger partial charge is 0.142 e. The second kappa shape index (κ2) is 5.16. The molecule has 0 saturated carbocycles. The molecule has 0 aliphatic carbocycles. The standard InChI is InChI=1S/C12H14N2O2S/c1-15-8-4-3-6-14-11(8)10(13)12-9(16-2)5-7-17-12/h3-7,10H,13H2,1-2H3. The van der Waals surface area contributed by atoms with E-state index in [1.807, 2.05) is 23.6 Å². The first-order valence-electron chi connectivity index (χ1n) is 5.13. The van der Waals surface area contributed by atoms with Gasteiger partial charge in [-0.3, -0.25) is 4.98 Å². The van der Waals surface area contributed by atoms with E-state index in [1.54, 1.807) is 31.8 Å². The van der Waals surface area contributed by atoms with E-state index >= 15 is 0 Å². The molecule has 4 nitrogen and oxygen atoms in total. The summed E-state index contributed by atoms with van der Waals surface area (Å²) in [7, 11) is 3.24. The lowest BCUT2D eigenvalue weighted by atomic mass is 10.1. The third kappa shape index (κ3) is 2.25. The highest BCUT2D eigenvalue weighted by molar-refractivity contribution is 7.10. The van der Waals surface area contributed by atoms with Gasteiger partial charge in [0.1, 0.15) is 17.2 Å². The Kier molecular flexibility index (Phi) is 3.61. The summed E-state index contributed by atoms with van der Waals surface area (Å²) in [5.74, 6) is 1.48. The van der Waals surface area contributed by atoms with Gasteiger partial charge in [-0.25, -0.2) is 0 Å². The topological polar surface area (TPSA) is 57.4 Å². The first kappa shape index (κ1) is 11.9. The lowest BCUT2D eigenvalue weighted by Gasteiger charge is -2.14. The van der Waals surface area contributed by atoms with Crippen LogP contribution in [0.5, 0.6) is 11.5 Å². The van der Waals surface area contributed by atoms with Crippen molar-refractivity contribution in [3.05, 3.63) is 40.3 Å². The molecule has 1 atom stereocenters. The second-order valence-electron chi connectivity index (χ2n) is 3.42. The first-order chi connectivity index (χ1) is 8.27. The maximum Gasteiger partial charge on any atom is 0.142 e. The zero-order valence-electron chi connectivity index (χ0n) is 9.71. The summed E-state index contributed by atoms with van der Waals surface area (Å²) < 4.78 is 10.5. The molecular formula is C12H14N2O2S. The molecule has 2 rings (SSSR count). The molecule has 5 heteroatoms. The van der Waals surface area contributed by atoms with Crippen molar-refractivity contribution >= 4 is 11.3 Å². The number of ether oxygens (including phenoxy) is 2. The van der Waals surface area contributed by atoms with E-state index in [4.69, 9.17) is 15.2 Å². The average Bonchev–Trinajstić information content (AvgIpc) is 2.86. The number of pyridine rings is 1. The lowest BCUT2D eigenvalue weighted by molar-refractivity contribution is 0.399. The van der Waals surface area contributed by atoms with E-state index < -0.39 is 0 Å². The third-order valence-corrected chi connectivity index (χ3v) is 3.46. The van der Waals surface area contributed by atoms with Gasteiger partial charge >= 0.3 is 0 Å². The highest BCUT2D eigenvalue weighted by Gasteiger charge is 2.20. The number of nitrogens with zero attached hydrogens (tertiary/aromatic N) is 1. The fraction of sp³-hybridized carbons (Fsp3) is 0.250. The van der Waals surface area contributed by atoms with Crippen molar-refractivity contribution in [3.8, 4) is 11.5 Å². The maximum atomic E-state index is 6.20. The Labute approximate surface area is 104 Å². The van der Waals surface area contributed by atoms with Gasteiger partial charge in [0.15, 0.2) is 0 Å². The number of rotatable bonds is 4. The van der Waals surface area contributed by atoms with Gasteiger partial charge in [-0.15, -0.1) is 11.3 Å². The lowest BCUT2D eigenvalue weighted by Crippen LogP contribution is -2.14. The fourth-order valence-electron chi connectivity index (χ4n) is 1.64. The van der Waals surface area contributed by atoms with Crippen molar-refractivity contribution in [3.63, 3.8) is 0 Å². The molecule has 0 bridgehead atoms. The van der Waals surface area contributed by atoms with Crippen LogP contribution in [-0.2, 0) is 0 Å². The summed E-state index contributed by atoms with van der Waals surface area (Å²) in [4.78, 5) is 5.23. The van der Waals surface area contributed by atoms with E-state index in [0.717, 1.165) is 16.3 Å². The molecule has 2 aromatic heterocycles. The quantitative estimate of drug-likeness (QED) is 0.903. The average molecular weight is 250 g/mol. The van der Waals surface area contributed by atoms with Crippen molar-refractivity contribution in [2.24, 2.45) is 5.73 Å². The molecule has 0 fully saturated rings. The molecule has 17 heavy (non-hydrogen) atoms. The van der Waals surface area contributed by atoms with Gasteiger partial charge in [-0.1, -0.05) is 0 Å². The Morgan fingerprint density at radius 1 is 1.24 bits per heavy atom. The van der Waals surface area contributed by atoms with Crippen molar-refractivity contribution in [1.82, 2.24) is 4.98 Å². The van der Waals surface area contributed by atoms with Gasteiger partial charge in [0.2, 0.25) is 0 Å². The summed E-state index contributed by atoms with van der Waals surface area (Å²) in [5, 5.41) is 1.95. The first-order valence-corrected chi connectivity index (χ1v) is 6.01. The Balaban J connectivity index is 2.40. The fourth-order valence-corrected chi connectivity index (χ4v) is 2.50. The van der Waals surface area contributed by atoms with E-state index in [-0.39, 0.29) is 6.04 Å². The summed E-state index contributed by atoms with van der Waals surface area (Å²) in [6.45, 7) is 0.